The van der Waals surface area contributed by atoms with Crippen LogP contribution in [0.2, 0.25) is 0 Å². The van der Waals surface area contributed by atoms with E-state index in [9.17, 15) is 0 Å². The van der Waals surface area contributed by atoms with Crippen molar-refractivity contribution in [2.75, 3.05) is 6.54 Å². The molecule has 1 nitrogen and oxygen atoms in total. The summed E-state index contributed by atoms with van der Waals surface area (Å²) in [6.45, 7) is 13.9. The highest BCUT2D eigenvalue weighted by atomic mass is 15.0. The number of nitrogens with one attached hydrogen (secondary N) is 1. The molecule has 0 aromatic heterocycles. The second-order valence-electron chi connectivity index (χ2n) is 7.28. The van der Waals surface area contributed by atoms with Crippen molar-refractivity contribution in [3.05, 3.63) is 60.7 Å². The Morgan fingerprint density at radius 2 is 1.67 bits per heavy atom. The van der Waals surface area contributed by atoms with Gasteiger partial charge in [-0.1, -0.05) is 55.5 Å². The fourth-order valence-electron chi connectivity index (χ4n) is 2.56. The summed E-state index contributed by atoms with van der Waals surface area (Å²) in [6.07, 6.45) is 3.09. The van der Waals surface area contributed by atoms with Crippen LogP contribution in [0.15, 0.2) is 55.1 Å². The zero-order valence-corrected chi connectivity index (χ0v) is 13.7. The van der Waals surface area contributed by atoms with Crippen molar-refractivity contribution in [2.24, 2.45) is 5.41 Å². The summed E-state index contributed by atoms with van der Waals surface area (Å²) in [4.78, 5) is 0. The van der Waals surface area contributed by atoms with Crippen molar-refractivity contribution in [1.29, 1.82) is 0 Å². The van der Waals surface area contributed by atoms with Crippen LogP contribution < -0.4 is 5.32 Å². The van der Waals surface area contributed by atoms with Gasteiger partial charge in [0.2, 0.25) is 0 Å². The summed E-state index contributed by atoms with van der Waals surface area (Å²) >= 11 is 0. The van der Waals surface area contributed by atoms with Crippen LogP contribution in [0.5, 0.6) is 0 Å². The maximum atomic E-state index is 4.07. The first-order valence-electron chi connectivity index (χ1n) is 7.68. The van der Waals surface area contributed by atoms with Crippen LogP contribution in [-0.2, 0) is 6.42 Å². The van der Waals surface area contributed by atoms with E-state index in [-0.39, 0.29) is 11.0 Å². The highest BCUT2D eigenvalue weighted by Gasteiger charge is 2.24. The number of hydrogen-bond donors (Lipinski definition) is 1. The van der Waals surface area contributed by atoms with Gasteiger partial charge in [0.15, 0.2) is 0 Å². The topological polar surface area (TPSA) is 12.0 Å². The standard InChI is InChI=1S/C20H27N/c1-6-20(5,15-21-19(2,3)4)14-17-12-9-11-16-10-7-8-13-18(16)17/h6-13,21H,1,14-15H2,2-5H3. The molecule has 2 aromatic carbocycles. The Kier molecular flexibility index (Phi) is 4.53. The summed E-state index contributed by atoms with van der Waals surface area (Å²) in [5, 5.41) is 6.27. The van der Waals surface area contributed by atoms with E-state index in [1.54, 1.807) is 0 Å². The van der Waals surface area contributed by atoms with Gasteiger partial charge in [-0.15, -0.1) is 6.58 Å². The molecule has 0 amide bonds. The molecule has 1 N–H and O–H groups in total. The molecule has 0 saturated carbocycles. The van der Waals surface area contributed by atoms with Crippen LogP contribution in [0.25, 0.3) is 10.8 Å². The van der Waals surface area contributed by atoms with Gasteiger partial charge in [0, 0.05) is 17.5 Å². The maximum absolute atomic E-state index is 4.07. The molecule has 0 saturated heterocycles. The normalized spacial score (nSPS) is 14.9. The van der Waals surface area contributed by atoms with E-state index in [0.29, 0.717) is 0 Å². The van der Waals surface area contributed by atoms with Gasteiger partial charge in [-0.25, -0.2) is 0 Å². The third-order valence-corrected chi connectivity index (χ3v) is 3.99. The molecule has 0 radical (unpaired) electrons. The van der Waals surface area contributed by atoms with Gasteiger partial charge in [-0.05, 0) is 43.5 Å². The predicted molar refractivity (Wildman–Crippen MR) is 93.7 cm³/mol. The molecule has 2 aromatic rings. The summed E-state index contributed by atoms with van der Waals surface area (Å²) in [7, 11) is 0. The third kappa shape index (κ3) is 4.18. The SMILES string of the molecule is C=CC(C)(CNC(C)(C)C)Cc1cccc2ccccc12. The Morgan fingerprint density at radius 3 is 2.33 bits per heavy atom. The first-order valence-corrected chi connectivity index (χ1v) is 7.68. The molecule has 0 fully saturated rings. The van der Waals surface area contributed by atoms with Crippen LogP contribution >= 0.6 is 0 Å². The van der Waals surface area contributed by atoms with Gasteiger partial charge in [0.25, 0.3) is 0 Å². The fraction of sp³-hybridized carbons (Fsp3) is 0.400. The molecule has 0 aliphatic carbocycles. The van der Waals surface area contributed by atoms with Crippen LogP contribution in [0.4, 0.5) is 0 Å². The van der Waals surface area contributed by atoms with Gasteiger partial charge in [0.1, 0.15) is 0 Å². The second kappa shape index (κ2) is 6.03. The van der Waals surface area contributed by atoms with E-state index in [1.807, 2.05) is 0 Å². The van der Waals surface area contributed by atoms with E-state index in [0.717, 1.165) is 13.0 Å². The van der Waals surface area contributed by atoms with Crippen LogP contribution in [0, 0.1) is 5.41 Å². The third-order valence-electron chi connectivity index (χ3n) is 3.99. The van der Waals surface area contributed by atoms with Crippen molar-refractivity contribution in [2.45, 2.75) is 39.7 Å². The quantitative estimate of drug-likeness (QED) is 0.764. The molecule has 1 unspecified atom stereocenters. The highest BCUT2D eigenvalue weighted by Crippen LogP contribution is 2.28. The molecule has 0 aliphatic heterocycles. The van der Waals surface area contributed by atoms with E-state index < -0.39 is 0 Å². The van der Waals surface area contributed by atoms with Crippen molar-refractivity contribution < 1.29 is 0 Å². The largest absolute Gasteiger partial charge is 0.311 e. The lowest BCUT2D eigenvalue weighted by atomic mass is 9.81. The Bertz CT molecular complexity index is 616. The van der Waals surface area contributed by atoms with E-state index in [4.69, 9.17) is 0 Å². The fourth-order valence-corrected chi connectivity index (χ4v) is 2.56. The smallest absolute Gasteiger partial charge is 0.00968 e. The Morgan fingerprint density at radius 1 is 1.00 bits per heavy atom. The average molecular weight is 281 g/mol. The van der Waals surface area contributed by atoms with Gasteiger partial charge in [-0.3, -0.25) is 0 Å². The summed E-state index contributed by atoms with van der Waals surface area (Å²) in [5.74, 6) is 0. The molecule has 1 heteroatoms. The average Bonchev–Trinajstić information content (AvgIpc) is 2.45. The monoisotopic (exact) mass is 281 g/mol. The van der Waals surface area contributed by atoms with Crippen molar-refractivity contribution in [3.63, 3.8) is 0 Å². The molecule has 0 aliphatic rings. The molecule has 0 spiro atoms. The molecule has 2 rings (SSSR count). The van der Waals surface area contributed by atoms with E-state index in [1.165, 1.54) is 16.3 Å². The number of rotatable bonds is 5. The minimum atomic E-state index is 0.0530. The number of fused-ring (bicyclic) bond motifs is 1. The minimum absolute atomic E-state index is 0.0530. The molecular weight excluding hydrogens is 254 g/mol. The van der Waals surface area contributed by atoms with Crippen LogP contribution in [0.3, 0.4) is 0 Å². The summed E-state index contributed by atoms with van der Waals surface area (Å²) in [6, 6.07) is 15.2. The van der Waals surface area contributed by atoms with Crippen LogP contribution in [-0.4, -0.2) is 12.1 Å². The molecule has 0 bridgehead atoms. The van der Waals surface area contributed by atoms with Crippen molar-refractivity contribution >= 4 is 10.8 Å². The molecule has 21 heavy (non-hydrogen) atoms. The van der Waals surface area contributed by atoms with E-state index >= 15 is 0 Å². The molecule has 0 heterocycles. The highest BCUT2D eigenvalue weighted by molar-refractivity contribution is 5.85. The predicted octanol–water partition coefficient (Wildman–Crippen LogP) is 4.96. The zero-order valence-electron chi connectivity index (χ0n) is 13.7. The maximum Gasteiger partial charge on any atom is 0.00968 e. The zero-order chi connectivity index (χ0) is 15.5. The molecule has 1 atom stereocenters. The molecule has 112 valence electrons. The Hall–Kier alpha value is -1.60. The Balaban J connectivity index is 2.26. The van der Waals surface area contributed by atoms with Gasteiger partial charge in [0.05, 0.1) is 0 Å². The van der Waals surface area contributed by atoms with Crippen LogP contribution in [0.1, 0.15) is 33.3 Å². The lowest BCUT2D eigenvalue weighted by Crippen LogP contribution is -2.43. The van der Waals surface area contributed by atoms with Gasteiger partial charge in [-0.2, -0.15) is 0 Å². The second-order valence-corrected chi connectivity index (χ2v) is 7.28. The lowest BCUT2D eigenvalue weighted by molar-refractivity contribution is 0.323. The van der Waals surface area contributed by atoms with Crippen molar-refractivity contribution in [3.8, 4) is 0 Å². The minimum Gasteiger partial charge on any atom is -0.311 e. The van der Waals surface area contributed by atoms with Gasteiger partial charge < -0.3 is 5.32 Å². The number of benzene rings is 2. The Labute approximate surface area is 129 Å². The first kappa shape index (κ1) is 15.8. The molecular formula is C20H27N. The first-order chi connectivity index (χ1) is 9.83. The van der Waals surface area contributed by atoms with Crippen molar-refractivity contribution in [1.82, 2.24) is 5.32 Å². The summed E-state index contributed by atoms with van der Waals surface area (Å²) < 4.78 is 0. The lowest BCUT2D eigenvalue weighted by Gasteiger charge is -2.31. The van der Waals surface area contributed by atoms with Gasteiger partial charge >= 0.3 is 0 Å². The van der Waals surface area contributed by atoms with E-state index in [2.05, 4.69) is 88.1 Å². The summed E-state index contributed by atoms with van der Waals surface area (Å²) in [5.41, 5.74) is 1.58. The number of hydrogen-bond acceptors (Lipinski definition) is 1.